The summed E-state index contributed by atoms with van der Waals surface area (Å²) in [5.74, 6) is -0.0711. The van der Waals surface area contributed by atoms with Gasteiger partial charge >= 0.3 is 0 Å². The normalized spacial score (nSPS) is 18.6. The Balaban J connectivity index is 1.85. The first-order valence-electron chi connectivity index (χ1n) is 7.07. The topological polar surface area (TPSA) is 67.7 Å². The largest absolute Gasteiger partial charge is 0.365 e. The summed E-state index contributed by atoms with van der Waals surface area (Å²) in [6, 6.07) is 0. The van der Waals surface area contributed by atoms with Gasteiger partial charge in [-0.3, -0.25) is 14.3 Å². The Hall–Kier alpha value is -1.89. The number of aromatic nitrogens is 2. The van der Waals surface area contributed by atoms with Crippen molar-refractivity contribution in [3.8, 4) is 0 Å². The lowest BCUT2D eigenvalue weighted by Crippen LogP contribution is -2.51. The van der Waals surface area contributed by atoms with Crippen LogP contribution in [0.2, 0.25) is 0 Å². The molecule has 0 aromatic carbocycles. The summed E-state index contributed by atoms with van der Waals surface area (Å²) < 4.78 is 7.20. The molecule has 0 bridgehead atoms. The summed E-state index contributed by atoms with van der Waals surface area (Å²) in [6.45, 7) is 3.78. The molecule has 2 amide bonds. The lowest BCUT2D eigenvalue weighted by molar-refractivity contribution is -0.152. The van der Waals surface area contributed by atoms with Crippen LogP contribution in [0.3, 0.4) is 0 Å². The van der Waals surface area contributed by atoms with Gasteiger partial charge in [0.15, 0.2) is 6.10 Å². The van der Waals surface area contributed by atoms with Gasteiger partial charge in [-0.05, 0) is 12.5 Å². The number of morpholine rings is 1. The fourth-order valence-corrected chi connectivity index (χ4v) is 2.27. The first-order chi connectivity index (χ1) is 9.97. The Bertz CT molecular complexity index is 512. The molecule has 1 fully saturated rings. The summed E-state index contributed by atoms with van der Waals surface area (Å²) in [4.78, 5) is 27.3. The predicted molar refractivity (Wildman–Crippen MR) is 76.6 cm³/mol. The maximum atomic E-state index is 12.2. The van der Waals surface area contributed by atoms with E-state index >= 15 is 0 Å². The third-order valence-corrected chi connectivity index (χ3v) is 3.45. The number of ether oxygens (including phenoxy) is 1. The van der Waals surface area contributed by atoms with E-state index in [1.807, 2.05) is 13.1 Å². The van der Waals surface area contributed by atoms with Crippen LogP contribution in [-0.2, 0) is 20.9 Å². The van der Waals surface area contributed by atoms with Gasteiger partial charge < -0.3 is 14.5 Å². The number of hydrogen-bond acceptors (Lipinski definition) is 4. The molecule has 2 heterocycles. The second kappa shape index (κ2) is 6.71. The zero-order valence-corrected chi connectivity index (χ0v) is 12.8. The minimum atomic E-state index is -0.551. The molecule has 0 aliphatic carbocycles. The Morgan fingerprint density at radius 2 is 2.24 bits per heavy atom. The van der Waals surface area contributed by atoms with Gasteiger partial charge in [0.05, 0.1) is 19.3 Å². The summed E-state index contributed by atoms with van der Waals surface area (Å²) >= 11 is 0. The molecule has 1 aliphatic heterocycles. The summed E-state index contributed by atoms with van der Waals surface area (Å²) in [5, 5.41) is 4.16. The molecule has 0 spiro atoms. The Labute approximate surface area is 124 Å². The molecular weight excluding hydrogens is 272 g/mol. The van der Waals surface area contributed by atoms with Crippen molar-refractivity contribution in [3.05, 3.63) is 18.0 Å². The Morgan fingerprint density at radius 3 is 2.86 bits per heavy atom. The molecule has 0 saturated carbocycles. The number of amides is 2. The number of carbonyl (C=O) groups is 2. The highest BCUT2D eigenvalue weighted by Gasteiger charge is 2.29. The summed E-state index contributed by atoms with van der Waals surface area (Å²) in [6.07, 6.45) is 3.50. The highest BCUT2D eigenvalue weighted by molar-refractivity contribution is 5.82. The number of rotatable bonds is 4. The zero-order chi connectivity index (χ0) is 15.4. The molecule has 7 nitrogen and oxygen atoms in total. The molecule has 1 aromatic heterocycles. The second-order valence-corrected chi connectivity index (χ2v) is 5.46. The van der Waals surface area contributed by atoms with Crippen LogP contribution < -0.4 is 0 Å². The molecule has 0 N–H and O–H groups in total. The molecule has 1 saturated heterocycles. The minimum absolute atomic E-state index is 0.0306. The van der Waals surface area contributed by atoms with Crippen LogP contribution in [-0.4, -0.2) is 71.3 Å². The van der Waals surface area contributed by atoms with Crippen LogP contribution >= 0.6 is 0 Å². The van der Waals surface area contributed by atoms with Crippen molar-refractivity contribution >= 4 is 11.8 Å². The van der Waals surface area contributed by atoms with E-state index in [1.165, 1.54) is 4.90 Å². The zero-order valence-electron chi connectivity index (χ0n) is 12.8. The second-order valence-electron chi connectivity index (χ2n) is 5.46. The van der Waals surface area contributed by atoms with E-state index < -0.39 is 6.10 Å². The highest BCUT2D eigenvalue weighted by atomic mass is 16.5. The van der Waals surface area contributed by atoms with Crippen molar-refractivity contribution in [3.63, 3.8) is 0 Å². The molecule has 0 radical (unpaired) electrons. The van der Waals surface area contributed by atoms with E-state index in [2.05, 4.69) is 5.10 Å². The van der Waals surface area contributed by atoms with Crippen LogP contribution in [0.25, 0.3) is 0 Å². The van der Waals surface area contributed by atoms with E-state index in [0.717, 1.165) is 5.56 Å². The van der Waals surface area contributed by atoms with Crippen LogP contribution in [0, 0.1) is 6.92 Å². The van der Waals surface area contributed by atoms with Crippen LogP contribution in [0.5, 0.6) is 0 Å². The molecule has 1 aliphatic rings. The van der Waals surface area contributed by atoms with Gasteiger partial charge in [-0.1, -0.05) is 0 Å². The monoisotopic (exact) mass is 294 g/mol. The fraction of sp³-hybridized carbons (Fsp3) is 0.643. The van der Waals surface area contributed by atoms with Crippen LogP contribution in [0.15, 0.2) is 12.4 Å². The van der Waals surface area contributed by atoms with E-state index in [1.54, 1.807) is 29.9 Å². The van der Waals surface area contributed by atoms with Gasteiger partial charge in [-0.2, -0.15) is 5.10 Å². The first-order valence-corrected chi connectivity index (χ1v) is 7.07. The minimum Gasteiger partial charge on any atom is -0.365 e. The fourth-order valence-electron chi connectivity index (χ4n) is 2.27. The van der Waals surface area contributed by atoms with Crippen LogP contribution in [0.1, 0.15) is 12.0 Å². The molecule has 1 aromatic rings. The molecular formula is C14H22N4O3. The van der Waals surface area contributed by atoms with Crippen molar-refractivity contribution in [1.29, 1.82) is 0 Å². The number of likely N-dealkylation sites (N-methyl/N-ethyl adjacent to an activating group) is 1. The highest BCUT2D eigenvalue weighted by Crippen LogP contribution is 2.09. The van der Waals surface area contributed by atoms with Gasteiger partial charge in [0.25, 0.3) is 5.91 Å². The average Bonchev–Trinajstić information content (AvgIpc) is 2.89. The molecule has 21 heavy (non-hydrogen) atoms. The molecule has 0 unspecified atom stereocenters. The maximum Gasteiger partial charge on any atom is 0.253 e. The molecule has 1 atom stereocenters. The van der Waals surface area contributed by atoms with Gasteiger partial charge in [0.2, 0.25) is 5.91 Å². The quantitative estimate of drug-likeness (QED) is 0.777. The lowest BCUT2D eigenvalue weighted by Gasteiger charge is -2.33. The van der Waals surface area contributed by atoms with Crippen LogP contribution in [0.4, 0.5) is 0 Å². The van der Waals surface area contributed by atoms with Crippen molar-refractivity contribution in [1.82, 2.24) is 19.6 Å². The van der Waals surface area contributed by atoms with E-state index in [-0.39, 0.29) is 11.8 Å². The summed E-state index contributed by atoms with van der Waals surface area (Å²) in [7, 11) is 3.37. The van der Waals surface area contributed by atoms with E-state index in [4.69, 9.17) is 4.74 Å². The standard InChI is InChI=1S/C14H22N4O3/c1-11-8-15-18(9-11)5-4-13(19)17-6-7-21-12(10-17)14(20)16(2)3/h8-9,12H,4-7,10H2,1-3H3/t12-/m1/s1. The lowest BCUT2D eigenvalue weighted by atomic mass is 10.2. The van der Waals surface area contributed by atoms with E-state index in [0.29, 0.717) is 32.7 Å². The Kier molecular flexibility index (Phi) is 4.95. The Morgan fingerprint density at radius 1 is 1.48 bits per heavy atom. The first kappa shape index (κ1) is 15.5. The van der Waals surface area contributed by atoms with Crippen molar-refractivity contribution in [2.45, 2.75) is 26.0 Å². The van der Waals surface area contributed by atoms with Crippen molar-refractivity contribution in [2.24, 2.45) is 0 Å². The SMILES string of the molecule is Cc1cnn(CCC(=O)N2CCO[C@@H](C(=O)N(C)C)C2)c1. The van der Waals surface area contributed by atoms with E-state index in [9.17, 15) is 9.59 Å². The molecule has 7 heteroatoms. The number of nitrogens with zero attached hydrogens (tertiary/aromatic N) is 4. The number of aryl methyl sites for hydroxylation is 2. The average molecular weight is 294 g/mol. The van der Waals surface area contributed by atoms with Gasteiger partial charge in [0, 0.05) is 39.8 Å². The van der Waals surface area contributed by atoms with Crippen molar-refractivity contribution < 1.29 is 14.3 Å². The third kappa shape index (κ3) is 4.04. The van der Waals surface area contributed by atoms with Gasteiger partial charge in [-0.15, -0.1) is 0 Å². The van der Waals surface area contributed by atoms with Crippen molar-refractivity contribution in [2.75, 3.05) is 33.8 Å². The van der Waals surface area contributed by atoms with Gasteiger partial charge in [-0.25, -0.2) is 0 Å². The smallest absolute Gasteiger partial charge is 0.253 e. The number of carbonyl (C=O) groups excluding carboxylic acids is 2. The molecule has 116 valence electrons. The summed E-state index contributed by atoms with van der Waals surface area (Å²) in [5.41, 5.74) is 1.07. The van der Waals surface area contributed by atoms with Gasteiger partial charge in [0.1, 0.15) is 0 Å². The maximum absolute atomic E-state index is 12.2. The predicted octanol–water partition coefficient (Wildman–Crippen LogP) is -0.103. The third-order valence-electron chi connectivity index (χ3n) is 3.45. The molecule has 2 rings (SSSR count). The number of hydrogen-bond donors (Lipinski definition) is 0.